The number of rotatable bonds is 3. The average molecular weight is 394 g/mol. The topological polar surface area (TPSA) is 48.3 Å². The number of carbonyl (C=O) groups is 2. The quantitative estimate of drug-likeness (QED) is 0.553. The normalized spacial score (nSPS) is 14.8. The predicted molar refractivity (Wildman–Crippen MR) is 110 cm³/mol. The van der Waals surface area contributed by atoms with Crippen LogP contribution in [0.4, 0.5) is 0 Å². The summed E-state index contributed by atoms with van der Waals surface area (Å²) in [5, 5.41) is 0.605. The molecule has 1 aliphatic rings. The van der Waals surface area contributed by atoms with Crippen molar-refractivity contribution in [2.75, 3.05) is 7.11 Å². The molecule has 0 fully saturated rings. The number of esters is 1. The standard InChI is InChI=1S/C23H20ClNO3/c1-23(2)13-25-19(21(23)26)17(14-7-5-4-6-8-14)18(20(25)22(27)28-3)15-9-11-16(24)12-10-15/h4-12H,13H2,1-3H3. The maximum absolute atomic E-state index is 13.3. The minimum atomic E-state index is -0.583. The van der Waals surface area contributed by atoms with Crippen LogP contribution < -0.4 is 0 Å². The van der Waals surface area contributed by atoms with Gasteiger partial charge < -0.3 is 9.30 Å². The zero-order chi connectivity index (χ0) is 20.1. The second kappa shape index (κ2) is 6.64. The van der Waals surface area contributed by atoms with Gasteiger partial charge >= 0.3 is 5.97 Å². The largest absolute Gasteiger partial charge is 0.464 e. The zero-order valence-corrected chi connectivity index (χ0v) is 16.7. The highest BCUT2D eigenvalue weighted by atomic mass is 35.5. The lowest BCUT2D eigenvalue weighted by molar-refractivity contribution is 0.0587. The van der Waals surface area contributed by atoms with E-state index >= 15 is 0 Å². The first kappa shape index (κ1) is 18.5. The summed E-state index contributed by atoms with van der Waals surface area (Å²) in [5.74, 6) is -0.435. The second-order valence-electron chi connectivity index (χ2n) is 7.61. The Morgan fingerprint density at radius 2 is 1.61 bits per heavy atom. The Hall–Kier alpha value is -2.85. The lowest BCUT2D eigenvalue weighted by Crippen LogP contribution is -2.21. The molecule has 0 amide bonds. The summed E-state index contributed by atoms with van der Waals surface area (Å²) < 4.78 is 6.92. The number of halogens is 1. The van der Waals surface area contributed by atoms with Crippen LogP contribution >= 0.6 is 11.6 Å². The lowest BCUT2D eigenvalue weighted by Gasteiger charge is -2.17. The number of benzene rings is 2. The van der Waals surface area contributed by atoms with Gasteiger partial charge in [0.15, 0.2) is 5.78 Å². The summed E-state index contributed by atoms with van der Waals surface area (Å²) in [6.45, 7) is 4.24. The molecule has 28 heavy (non-hydrogen) atoms. The second-order valence-corrected chi connectivity index (χ2v) is 8.05. The molecular weight excluding hydrogens is 374 g/mol. The number of aromatic nitrogens is 1. The van der Waals surface area contributed by atoms with E-state index in [0.717, 1.165) is 16.7 Å². The van der Waals surface area contributed by atoms with Crippen molar-refractivity contribution in [2.45, 2.75) is 20.4 Å². The number of nitrogens with zero attached hydrogens (tertiary/aromatic N) is 1. The molecular formula is C23H20ClNO3. The number of hydrogen-bond acceptors (Lipinski definition) is 3. The van der Waals surface area contributed by atoms with E-state index in [1.165, 1.54) is 7.11 Å². The van der Waals surface area contributed by atoms with Crippen LogP contribution in [0.15, 0.2) is 54.6 Å². The van der Waals surface area contributed by atoms with E-state index < -0.39 is 11.4 Å². The third-order valence-electron chi connectivity index (χ3n) is 5.22. The van der Waals surface area contributed by atoms with Crippen LogP contribution in [0.5, 0.6) is 0 Å². The molecule has 0 saturated carbocycles. The van der Waals surface area contributed by atoms with Crippen molar-refractivity contribution in [3.63, 3.8) is 0 Å². The minimum Gasteiger partial charge on any atom is -0.464 e. The van der Waals surface area contributed by atoms with Gasteiger partial charge in [-0.15, -0.1) is 0 Å². The maximum atomic E-state index is 13.3. The first-order valence-electron chi connectivity index (χ1n) is 9.06. The van der Waals surface area contributed by atoms with Crippen molar-refractivity contribution in [1.29, 1.82) is 0 Å². The van der Waals surface area contributed by atoms with Gasteiger partial charge in [-0.2, -0.15) is 0 Å². The summed E-state index contributed by atoms with van der Waals surface area (Å²) in [5.41, 5.74) is 3.54. The Kier molecular flexibility index (Phi) is 4.39. The van der Waals surface area contributed by atoms with E-state index in [1.54, 1.807) is 12.1 Å². The van der Waals surface area contributed by atoms with Crippen LogP contribution in [0.3, 0.4) is 0 Å². The molecule has 0 atom stereocenters. The Balaban J connectivity index is 2.13. The zero-order valence-electron chi connectivity index (χ0n) is 16.0. The fourth-order valence-electron chi connectivity index (χ4n) is 3.89. The molecule has 4 rings (SSSR count). The summed E-state index contributed by atoms with van der Waals surface area (Å²) in [6.07, 6.45) is 0. The molecule has 3 aromatic rings. The van der Waals surface area contributed by atoms with E-state index in [9.17, 15) is 9.59 Å². The van der Waals surface area contributed by atoms with Crippen molar-refractivity contribution in [3.8, 4) is 22.3 Å². The third-order valence-corrected chi connectivity index (χ3v) is 5.47. The molecule has 2 aromatic carbocycles. The van der Waals surface area contributed by atoms with Crippen LogP contribution in [-0.4, -0.2) is 23.4 Å². The SMILES string of the molecule is COC(=O)c1c(-c2ccc(Cl)cc2)c(-c2ccccc2)c2n1CC(C)(C)C2=O. The van der Waals surface area contributed by atoms with E-state index in [0.29, 0.717) is 28.5 Å². The third kappa shape index (κ3) is 2.76. The van der Waals surface area contributed by atoms with Crippen molar-refractivity contribution in [3.05, 3.63) is 71.0 Å². The minimum absolute atomic E-state index is 0.0247. The molecule has 0 aliphatic carbocycles. The first-order valence-corrected chi connectivity index (χ1v) is 9.44. The molecule has 142 valence electrons. The van der Waals surface area contributed by atoms with Crippen LogP contribution in [0, 0.1) is 5.41 Å². The smallest absolute Gasteiger partial charge is 0.355 e. The van der Waals surface area contributed by atoms with Crippen molar-refractivity contribution < 1.29 is 14.3 Å². The summed E-state index contributed by atoms with van der Waals surface area (Å²) in [7, 11) is 1.36. The van der Waals surface area contributed by atoms with Gasteiger partial charge in [0, 0.05) is 28.1 Å². The van der Waals surface area contributed by atoms with Crippen LogP contribution in [0.25, 0.3) is 22.3 Å². The number of ketones is 1. The number of methoxy groups -OCH3 is 1. The van der Waals surface area contributed by atoms with E-state index in [4.69, 9.17) is 16.3 Å². The molecule has 2 heterocycles. The van der Waals surface area contributed by atoms with Gasteiger partial charge in [-0.25, -0.2) is 4.79 Å². The van der Waals surface area contributed by atoms with E-state index in [2.05, 4.69) is 0 Å². The highest BCUT2D eigenvalue weighted by Gasteiger charge is 2.44. The van der Waals surface area contributed by atoms with Gasteiger partial charge in [0.25, 0.3) is 0 Å². The van der Waals surface area contributed by atoms with Crippen molar-refractivity contribution >= 4 is 23.4 Å². The van der Waals surface area contributed by atoms with Crippen molar-refractivity contribution in [1.82, 2.24) is 4.57 Å². The Morgan fingerprint density at radius 3 is 2.21 bits per heavy atom. The fourth-order valence-corrected chi connectivity index (χ4v) is 4.02. The van der Waals surface area contributed by atoms with Crippen LogP contribution in [0.1, 0.15) is 34.8 Å². The molecule has 0 saturated heterocycles. The predicted octanol–water partition coefficient (Wildman–Crippen LogP) is 5.48. The molecule has 0 unspecified atom stereocenters. The molecule has 5 heteroatoms. The Labute approximate surface area is 168 Å². The highest BCUT2D eigenvalue weighted by molar-refractivity contribution is 6.30. The van der Waals surface area contributed by atoms with Gasteiger partial charge in [-0.1, -0.05) is 67.9 Å². The van der Waals surface area contributed by atoms with Gasteiger partial charge in [0.1, 0.15) is 5.69 Å². The number of hydrogen-bond donors (Lipinski definition) is 0. The van der Waals surface area contributed by atoms with Gasteiger partial charge in [0.05, 0.1) is 12.8 Å². The number of Topliss-reactive ketones (excluding diaryl/α,β-unsaturated/α-hetero) is 1. The summed E-state index contributed by atoms with van der Waals surface area (Å²) in [4.78, 5) is 26.1. The van der Waals surface area contributed by atoms with Crippen LogP contribution in [0.2, 0.25) is 5.02 Å². The van der Waals surface area contributed by atoms with Crippen LogP contribution in [-0.2, 0) is 11.3 Å². The number of fused-ring (bicyclic) bond motifs is 1. The molecule has 4 nitrogen and oxygen atoms in total. The molecule has 0 N–H and O–H groups in total. The van der Waals surface area contributed by atoms with E-state index in [1.807, 2.05) is 60.9 Å². The Morgan fingerprint density at radius 1 is 1.00 bits per heavy atom. The summed E-state index contributed by atoms with van der Waals surface area (Å²) in [6, 6.07) is 17.0. The molecule has 0 radical (unpaired) electrons. The lowest BCUT2D eigenvalue weighted by atomic mass is 9.85. The van der Waals surface area contributed by atoms with Gasteiger partial charge in [-0.05, 0) is 23.3 Å². The van der Waals surface area contributed by atoms with Gasteiger partial charge in [0.2, 0.25) is 0 Å². The molecule has 1 aliphatic heterocycles. The monoisotopic (exact) mass is 393 g/mol. The highest BCUT2D eigenvalue weighted by Crippen LogP contribution is 2.47. The number of ether oxygens (including phenoxy) is 1. The van der Waals surface area contributed by atoms with Crippen molar-refractivity contribution in [2.24, 2.45) is 5.41 Å². The van der Waals surface area contributed by atoms with Gasteiger partial charge in [-0.3, -0.25) is 4.79 Å². The average Bonchev–Trinajstić information content (AvgIpc) is 3.13. The molecule has 0 spiro atoms. The Bertz CT molecular complexity index is 1080. The number of carbonyl (C=O) groups excluding carboxylic acids is 2. The van der Waals surface area contributed by atoms with E-state index in [-0.39, 0.29) is 5.78 Å². The maximum Gasteiger partial charge on any atom is 0.355 e. The summed E-state index contributed by atoms with van der Waals surface area (Å²) >= 11 is 6.07. The molecule has 0 bridgehead atoms. The molecule has 1 aromatic heterocycles. The first-order chi connectivity index (χ1) is 13.3. The fraction of sp³-hybridized carbons (Fsp3) is 0.217.